The molecule has 0 saturated heterocycles. The van der Waals surface area contributed by atoms with Gasteiger partial charge in [0.15, 0.2) is 0 Å². The van der Waals surface area contributed by atoms with Crippen LogP contribution in [-0.2, 0) is 0 Å². The van der Waals surface area contributed by atoms with Crippen molar-refractivity contribution < 1.29 is 4.42 Å². The summed E-state index contributed by atoms with van der Waals surface area (Å²) >= 11 is 3.39. The Morgan fingerprint density at radius 2 is 2.13 bits per heavy atom. The predicted octanol–water partition coefficient (Wildman–Crippen LogP) is 4.07. The average molecular weight is 374 g/mol. The number of aromatic nitrogens is 2. The maximum atomic E-state index is 12.8. The van der Waals surface area contributed by atoms with Crippen LogP contribution in [0, 0.1) is 6.92 Å². The molecule has 0 atom stereocenters. The summed E-state index contributed by atoms with van der Waals surface area (Å²) in [5.74, 6) is 1.30. The Balaban J connectivity index is 2.23. The second-order valence-electron chi connectivity index (χ2n) is 5.62. The normalized spacial score (nSPS) is 11.9. The predicted molar refractivity (Wildman–Crippen MR) is 94.2 cm³/mol. The topological polar surface area (TPSA) is 60.4 Å². The molecule has 2 aromatic heterocycles. The lowest BCUT2D eigenvalue weighted by molar-refractivity contribution is 0.556. The lowest BCUT2D eigenvalue weighted by atomic mass is 10.2. The molecule has 0 fully saturated rings. The van der Waals surface area contributed by atoms with Crippen molar-refractivity contribution in [2.75, 3.05) is 0 Å². The minimum Gasteiger partial charge on any atom is -0.463 e. The number of fused-ring (bicyclic) bond motifs is 1. The number of hydrogen-bond acceptors (Lipinski definition) is 4. The molecule has 6 heteroatoms. The maximum absolute atomic E-state index is 12.8. The van der Waals surface area contributed by atoms with E-state index in [1.165, 1.54) is 4.68 Å². The molecule has 0 aliphatic carbocycles. The molecule has 0 unspecified atom stereocenters. The van der Waals surface area contributed by atoms with Crippen molar-refractivity contribution in [3.63, 3.8) is 0 Å². The molecule has 0 aliphatic rings. The van der Waals surface area contributed by atoms with Crippen molar-refractivity contribution in [1.82, 2.24) is 9.66 Å². The molecular weight excluding hydrogens is 358 g/mol. The van der Waals surface area contributed by atoms with Gasteiger partial charge in [0.05, 0.1) is 23.4 Å². The lowest BCUT2D eigenvalue weighted by Gasteiger charge is -2.11. The van der Waals surface area contributed by atoms with Crippen LogP contribution in [0.2, 0.25) is 0 Å². The van der Waals surface area contributed by atoms with E-state index >= 15 is 0 Å². The van der Waals surface area contributed by atoms with Gasteiger partial charge in [0, 0.05) is 10.4 Å². The Morgan fingerprint density at radius 3 is 2.78 bits per heavy atom. The molecule has 3 rings (SSSR count). The highest BCUT2D eigenvalue weighted by Gasteiger charge is 2.13. The van der Waals surface area contributed by atoms with Crippen LogP contribution in [-0.4, -0.2) is 15.9 Å². The number of hydrogen-bond donors (Lipinski definition) is 0. The molecule has 23 heavy (non-hydrogen) atoms. The quantitative estimate of drug-likeness (QED) is 0.650. The largest absolute Gasteiger partial charge is 0.463 e. The van der Waals surface area contributed by atoms with Gasteiger partial charge < -0.3 is 4.42 Å². The fourth-order valence-electron chi connectivity index (χ4n) is 2.28. The van der Waals surface area contributed by atoms with E-state index < -0.39 is 0 Å². The summed E-state index contributed by atoms with van der Waals surface area (Å²) in [4.78, 5) is 17.4. The molecule has 0 bridgehead atoms. The van der Waals surface area contributed by atoms with Gasteiger partial charge in [-0.2, -0.15) is 9.78 Å². The van der Waals surface area contributed by atoms with Gasteiger partial charge in [0.1, 0.15) is 11.6 Å². The summed E-state index contributed by atoms with van der Waals surface area (Å²) in [6.07, 6.45) is 3.15. The zero-order valence-corrected chi connectivity index (χ0v) is 14.7. The summed E-state index contributed by atoms with van der Waals surface area (Å²) in [6.45, 7) is 5.89. The van der Waals surface area contributed by atoms with Gasteiger partial charge in [-0.05, 0) is 36.8 Å². The van der Waals surface area contributed by atoms with E-state index in [2.05, 4.69) is 26.0 Å². The van der Waals surface area contributed by atoms with Crippen molar-refractivity contribution in [1.29, 1.82) is 0 Å². The second-order valence-corrected chi connectivity index (χ2v) is 6.53. The fraction of sp³-hybridized carbons (Fsp3) is 0.235. The van der Waals surface area contributed by atoms with Gasteiger partial charge >= 0.3 is 0 Å². The van der Waals surface area contributed by atoms with Crippen LogP contribution < -0.4 is 5.56 Å². The number of aryl methyl sites for hydroxylation is 1. The number of benzene rings is 1. The van der Waals surface area contributed by atoms with Crippen LogP contribution >= 0.6 is 15.9 Å². The Hall–Kier alpha value is -2.21. The highest BCUT2D eigenvalue weighted by atomic mass is 79.9. The van der Waals surface area contributed by atoms with Crippen molar-refractivity contribution >= 4 is 33.0 Å². The molecule has 5 nitrogen and oxygen atoms in total. The molecule has 0 radical (unpaired) electrons. The fourth-order valence-corrected chi connectivity index (χ4v) is 2.64. The Kier molecular flexibility index (Phi) is 4.17. The molecule has 2 heterocycles. The van der Waals surface area contributed by atoms with Crippen LogP contribution in [0.25, 0.3) is 10.9 Å². The number of rotatable bonds is 3. The van der Waals surface area contributed by atoms with Crippen molar-refractivity contribution in [3.05, 3.63) is 62.5 Å². The van der Waals surface area contributed by atoms with Gasteiger partial charge in [0.2, 0.25) is 0 Å². The van der Waals surface area contributed by atoms with E-state index in [1.807, 2.05) is 39.0 Å². The second kappa shape index (κ2) is 6.12. The van der Waals surface area contributed by atoms with E-state index in [9.17, 15) is 4.79 Å². The minimum atomic E-state index is -0.194. The van der Waals surface area contributed by atoms with E-state index in [0.717, 1.165) is 10.0 Å². The summed E-state index contributed by atoms with van der Waals surface area (Å²) in [5.41, 5.74) is 1.44. The highest BCUT2D eigenvalue weighted by Crippen LogP contribution is 2.19. The standard InChI is InChI=1S/C17H16BrN3O2/c1-10(2)16-20-14-5-4-12(18)8-13(14)17(22)21(16)19-9-15-11(3)6-7-23-15/h4-10H,1-3H3. The Labute approximate surface area is 141 Å². The molecule has 0 spiro atoms. The minimum absolute atomic E-state index is 0.0607. The first kappa shape index (κ1) is 15.7. The van der Waals surface area contributed by atoms with E-state index in [-0.39, 0.29) is 11.5 Å². The van der Waals surface area contributed by atoms with Crippen LogP contribution in [0.15, 0.2) is 49.3 Å². The van der Waals surface area contributed by atoms with E-state index in [0.29, 0.717) is 22.5 Å². The van der Waals surface area contributed by atoms with Gasteiger partial charge in [-0.1, -0.05) is 29.8 Å². The van der Waals surface area contributed by atoms with Crippen molar-refractivity contribution in [2.45, 2.75) is 26.7 Å². The molecular formula is C17H16BrN3O2. The first-order valence-electron chi connectivity index (χ1n) is 7.28. The zero-order chi connectivity index (χ0) is 16.6. The van der Waals surface area contributed by atoms with E-state index in [4.69, 9.17) is 4.42 Å². The summed E-state index contributed by atoms with van der Waals surface area (Å²) in [7, 11) is 0. The highest BCUT2D eigenvalue weighted by molar-refractivity contribution is 9.10. The average Bonchev–Trinajstić information content (AvgIpc) is 2.92. The summed E-state index contributed by atoms with van der Waals surface area (Å²) in [6, 6.07) is 7.32. The van der Waals surface area contributed by atoms with Crippen LogP contribution in [0.1, 0.15) is 36.9 Å². The molecule has 1 aromatic carbocycles. The lowest BCUT2D eigenvalue weighted by Crippen LogP contribution is -2.23. The zero-order valence-electron chi connectivity index (χ0n) is 13.1. The van der Waals surface area contributed by atoms with Crippen LogP contribution in [0.3, 0.4) is 0 Å². The monoisotopic (exact) mass is 373 g/mol. The number of nitrogens with zero attached hydrogens (tertiary/aromatic N) is 3. The molecule has 0 saturated carbocycles. The summed E-state index contributed by atoms with van der Waals surface area (Å²) in [5, 5.41) is 4.84. The van der Waals surface area contributed by atoms with Gasteiger partial charge in [0.25, 0.3) is 5.56 Å². The molecule has 0 N–H and O–H groups in total. The molecule has 0 aliphatic heterocycles. The third-order valence-corrected chi connectivity index (χ3v) is 4.04. The Morgan fingerprint density at radius 1 is 1.35 bits per heavy atom. The first-order valence-corrected chi connectivity index (χ1v) is 8.07. The van der Waals surface area contributed by atoms with Gasteiger partial charge in [-0.15, -0.1) is 0 Å². The third kappa shape index (κ3) is 2.99. The smallest absolute Gasteiger partial charge is 0.282 e. The van der Waals surface area contributed by atoms with Crippen molar-refractivity contribution in [2.24, 2.45) is 5.10 Å². The van der Waals surface area contributed by atoms with Crippen LogP contribution in [0.4, 0.5) is 0 Å². The summed E-state index contributed by atoms with van der Waals surface area (Å²) < 4.78 is 7.52. The van der Waals surface area contributed by atoms with Crippen LogP contribution in [0.5, 0.6) is 0 Å². The first-order chi connectivity index (χ1) is 11.0. The SMILES string of the molecule is Cc1ccoc1C=Nn1c(C(C)C)nc2ccc(Br)cc2c1=O. The molecule has 118 valence electrons. The number of furan rings is 1. The molecule has 0 amide bonds. The van der Waals surface area contributed by atoms with Gasteiger partial charge in [-0.3, -0.25) is 4.79 Å². The van der Waals surface area contributed by atoms with Crippen molar-refractivity contribution in [3.8, 4) is 0 Å². The number of halogens is 1. The molecule has 3 aromatic rings. The third-order valence-electron chi connectivity index (χ3n) is 3.54. The Bertz CT molecular complexity index is 954. The van der Waals surface area contributed by atoms with E-state index in [1.54, 1.807) is 18.5 Å². The van der Waals surface area contributed by atoms with Gasteiger partial charge in [-0.25, -0.2) is 4.98 Å². The maximum Gasteiger partial charge on any atom is 0.282 e.